The number of hydrogen-bond acceptors (Lipinski definition) is 3. The lowest BCUT2D eigenvalue weighted by Gasteiger charge is -2.16. The van der Waals surface area contributed by atoms with Gasteiger partial charge in [-0.05, 0) is 36.7 Å². The molecule has 0 aromatic carbocycles. The van der Waals surface area contributed by atoms with Crippen molar-refractivity contribution in [2.75, 3.05) is 11.5 Å². The Morgan fingerprint density at radius 2 is 1.58 bits per heavy atom. The topological polar surface area (TPSA) is 20.3 Å². The minimum absolute atomic E-state index is 0.145. The zero-order valence-corrected chi connectivity index (χ0v) is 9.63. The lowest BCUT2D eigenvalue weighted by atomic mass is 10.6. The highest BCUT2D eigenvalue weighted by atomic mass is 32.2. The van der Waals surface area contributed by atoms with Crippen molar-refractivity contribution in [3.63, 3.8) is 0 Å². The molecule has 0 spiro atoms. The number of nitrogens with zero attached hydrogens (tertiary/aromatic N) is 1. The molecular weight excluding hydrogens is 190 g/mol. The van der Waals surface area contributed by atoms with E-state index in [9.17, 15) is 4.79 Å². The van der Waals surface area contributed by atoms with Gasteiger partial charge < -0.3 is 0 Å². The largest absolute Gasteiger partial charge is 0.273 e. The monoisotopic (exact) mass is 207 g/mol. The quantitative estimate of drug-likeness (QED) is 0.625. The predicted molar refractivity (Wildman–Crippen MR) is 58.0 cm³/mol. The van der Waals surface area contributed by atoms with Crippen molar-refractivity contribution in [1.82, 2.24) is 3.71 Å². The first-order valence-electron chi connectivity index (χ1n) is 4.28. The van der Waals surface area contributed by atoms with Gasteiger partial charge in [-0.15, -0.1) is 0 Å². The fraction of sp³-hybridized carbons (Fsp3) is 0.875. The highest BCUT2D eigenvalue weighted by Crippen LogP contribution is 2.22. The minimum atomic E-state index is 0.145. The molecule has 0 aliphatic rings. The van der Waals surface area contributed by atoms with E-state index in [1.54, 1.807) is 34.5 Å². The van der Waals surface area contributed by atoms with E-state index in [0.29, 0.717) is 0 Å². The van der Waals surface area contributed by atoms with Crippen LogP contribution in [-0.4, -0.2) is 21.1 Å². The Kier molecular flexibility index (Phi) is 7.91. The second-order valence-corrected chi connectivity index (χ2v) is 4.74. The normalized spacial score (nSPS) is 9.92. The smallest absolute Gasteiger partial charge is 0.239 e. The highest BCUT2D eigenvalue weighted by Gasteiger charge is 2.08. The molecule has 0 aliphatic heterocycles. The van der Waals surface area contributed by atoms with Gasteiger partial charge in [0.15, 0.2) is 0 Å². The molecule has 0 unspecified atom stereocenters. The van der Waals surface area contributed by atoms with Crippen molar-refractivity contribution < 1.29 is 4.79 Å². The summed E-state index contributed by atoms with van der Waals surface area (Å²) in [6, 6.07) is 0. The Labute approximate surface area is 83.7 Å². The second-order valence-electron chi connectivity index (χ2n) is 2.44. The zero-order valence-electron chi connectivity index (χ0n) is 8.00. The lowest BCUT2D eigenvalue weighted by Crippen LogP contribution is -2.14. The van der Waals surface area contributed by atoms with E-state index in [1.807, 2.05) is 0 Å². The molecule has 0 atom stereocenters. The van der Waals surface area contributed by atoms with Crippen molar-refractivity contribution in [2.24, 2.45) is 0 Å². The molecule has 0 aliphatic carbocycles. The number of carbonyl (C=O) groups excluding carboxylic acids is 1. The van der Waals surface area contributed by atoms with E-state index in [0.717, 1.165) is 24.3 Å². The van der Waals surface area contributed by atoms with Crippen molar-refractivity contribution >= 4 is 29.8 Å². The number of hydrogen-bond donors (Lipinski definition) is 0. The summed E-state index contributed by atoms with van der Waals surface area (Å²) < 4.78 is 1.78. The summed E-state index contributed by atoms with van der Waals surface area (Å²) in [5, 5.41) is 0. The Morgan fingerprint density at radius 3 is 1.83 bits per heavy atom. The van der Waals surface area contributed by atoms with E-state index >= 15 is 0 Å². The van der Waals surface area contributed by atoms with Crippen LogP contribution < -0.4 is 0 Å². The summed E-state index contributed by atoms with van der Waals surface area (Å²) in [4.78, 5) is 11.0. The maximum absolute atomic E-state index is 11.0. The van der Waals surface area contributed by atoms with E-state index in [-0.39, 0.29) is 5.91 Å². The molecule has 1 amide bonds. The summed E-state index contributed by atoms with van der Waals surface area (Å²) in [5.41, 5.74) is 0. The summed E-state index contributed by atoms with van der Waals surface area (Å²) in [5.74, 6) is 2.19. The van der Waals surface area contributed by atoms with E-state index < -0.39 is 0 Å². The summed E-state index contributed by atoms with van der Waals surface area (Å²) in [6.45, 7) is 5.86. The molecule has 72 valence electrons. The van der Waals surface area contributed by atoms with Gasteiger partial charge in [0, 0.05) is 18.4 Å². The molecular formula is C8H17NOS2. The van der Waals surface area contributed by atoms with Gasteiger partial charge in [0.2, 0.25) is 5.91 Å². The van der Waals surface area contributed by atoms with Crippen molar-refractivity contribution in [2.45, 2.75) is 33.6 Å². The Morgan fingerprint density at radius 1 is 1.17 bits per heavy atom. The van der Waals surface area contributed by atoms with Crippen molar-refractivity contribution in [3.8, 4) is 0 Å². The van der Waals surface area contributed by atoms with Gasteiger partial charge in [-0.3, -0.25) is 4.79 Å². The van der Waals surface area contributed by atoms with Gasteiger partial charge in [-0.2, -0.15) is 0 Å². The molecule has 0 aromatic rings. The van der Waals surface area contributed by atoms with Crippen LogP contribution in [0.5, 0.6) is 0 Å². The van der Waals surface area contributed by atoms with Crippen molar-refractivity contribution in [1.29, 1.82) is 0 Å². The minimum Gasteiger partial charge on any atom is -0.273 e. The van der Waals surface area contributed by atoms with Gasteiger partial charge in [0.25, 0.3) is 0 Å². The third kappa shape index (κ3) is 5.77. The van der Waals surface area contributed by atoms with Gasteiger partial charge in [-0.1, -0.05) is 13.8 Å². The molecule has 0 fully saturated rings. The first kappa shape index (κ1) is 12.2. The van der Waals surface area contributed by atoms with E-state index in [2.05, 4.69) is 13.8 Å². The summed E-state index contributed by atoms with van der Waals surface area (Å²) in [7, 11) is 0. The average molecular weight is 207 g/mol. The van der Waals surface area contributed by atoms with Gasteiger partial charge >= 0.3 is 0 Å². The van der Waals surface area contributed by atoms with Crippen LogP contribution in [0, 0.1) is 0 Å². The molecule has 0 heterocycles. The average Bonchev–Trinajstić information content (AvgIpc) is 2.04. The first-order chi connectivity index (χ1) is 5.72. The Bertz CT molecular complexity index is 122. The molecule has 0 rings (SSSR count). The standard InChI is InChI=1S/C8H17NOS2/c1-4-6-11-9(8(3)10)12-7-5-2/h4-7H2,1-3H3. The molecule has 0 saturated heterocycles. The van der Waals surface area contributed by atoms with Crippen LogP contribution in [0.1, 0.15) is 33.6 Å². The van der Waals surface area contributed by atoms with Crippen LogP contribution in [0.15, 0.2) is 0 Å². The van der Waals surface area contributed by atoms with Crippen LogP contribution >= 0.6 is 23.9 Å². The highest BCUT2D eigenvalue weighted by molar-refractivity contribution is 8.12. The maximum atomic E-state index is 11.0. The summed E-state index contributed by atoms with van der Waals surface area (Å²) >= 11 is 3.23. The SMILES string of the molecule is CCCSN(SCCC)C(C)=O. The van der Waals surface area contributed by atoms with Crippen molar-refractivity contribution in [3.05, 3.63) is 0 Å². The molecule has 0 bridgehead atoms. The number of amides is 1. The Hall–Kier alpha value is 0.170. The molecule has 0 aromatic heterocycles. The first-order valence-corrected chi connectivity index (χ1v) is 6.17. The third-order valence-corrected chi connectivity index (χ3v) is 3.88. The van der Waals surface area contributed by atoms with Gasteiger partial charge in [0.1, 0.15) is 0 Å². The second kappa shape index (κ2) is 7.80. The fourth-order valence-electron chi connectivity index (χ4n) is 0.567. The summed E-state index contributed by atoms with van der Waals surface area (Å²) in [6.07, 6.45) is 2.22. The van der Waals surface area contributed by atoms with E-state index in [4.69, 9.17) is 0 Å². The maximum Gasteiger partial charge on any atom is 0.239 e. The molecule has 12 heavy (non-hydrogen) atoms. The molecule has 0 N–H and O–H groups in total. The Balaban J connectivity index is 3.62. The lowest BCUT2D eigenvalue weighted by molar-refractivity contribution is -0.120. The van der Waals surface area contributed by atoms with Crippen LogP contribution in [0.25, 0.3) is 0 Å². The zero-order chi connectivity index (χ0) is 9.40. The fourth-order valence-corrected chi connectivity index (χ4v) is 2.37. The molecule has 0 radical (unpaired) electrons. The van der Waals surface area contributed by atoms with Crippen LogP contribution in [0.3, 0.4) is 0 Å². The molecule has 2 nitrogen and oxygen atoms in total. The molecule has 0 saturated carbocycles. The van der Waals surface area contributed by atoms with Crippen LogP contribution in [0.4, 0.5) is 0 Å². The number of rotatable bonds is 6. The molecule has 4 heteroatoms. The predicted octanol–water partition coefficient (Wildman–Crippen LogP) is 2.95. The third-order valence-electron chi connectivity index (χ3n) is 1.08. The van der Waals surface area contributed by atoms with Crippen LogP contribution in [0.2, 0.25) is 0 Å². The van der Waals surface area contributed by atoms with Crippen LogP contribution in [-0.2, 0) is 4.79 Å². The number of carbonyl (C=O) groups is 1. The van der Waals surface area contributed by atoms with Gasteiger partial charge in [-0.25, -0.2) is 3.71 Å². The van der Waals surface area contributed by atoms with Gasteiger partial charge in [0.05, 0.1) is 0 Å². The van der Waals surface area contributed by atoms with E-state index in [1.165, 1.54) is 0 Å².